The van der Waals surface area contributed by atoms with E-state index in [1.165, 1.54) is 12.8 Å². The highest BCUT2D eigenvalue weighted by molar-refractivity contribution is 5.76. The minimum absolute atomic E-state index is 0.114. The molecule has 0 heterocycles. The van der Waals surface area contributed by atoms with E-state index in [2.05, 4.69) is 26.1 Å². The summed E-state index contributed by atoms with van der Waals surface area (Å²) in [5, 5.41) is 3.17. The Morgan fingerprint density at radius 2 is 2.18 bits per heavy atom. The van der Waals surface area contributed by atoms with Crippen molar-refractivity contribution in [2.45, 2.75) is 71.9 Å². The molecule has 1 rings (SSSR count). The molecule has 3 unspecified atom stereocenters. The van der Waals surface area contributed by atoms with Gasteiger partial charge >= 0.3 is 0 Å². The number of amides is 1. The third kappa shape index (κ3) is 5.07. The smallest absolute Gasteiger partial charge is 0.220 e. The van der Waals surface area contributed by atoms with Crippen molar-refractivity contribution < 1.29 is 4.79 Å². The van der Waals surface area contributed by atoms with E-state index >= 15 is 0 Å². The molecule has 0 aliphatic heterocycles. The summed E-state index contributed by atoms with van der Waals surface area (Å²) in [6.07, 6.45) is 4.85. The van der Waals surface area contributed by atoms with Crippen molar-refractivity contribution in [3.63, 3.8) is 0 Å². The largest absolute Gasteiger partial charge is 0.353 e. The predicted molar refractivity (Wildman–Crippen MR) is 71.6 cm³/mol. The van der Waals surface area contributed by atoms with E-state index in [1.807, 2.05) is 6.92 Å². The molecule has 3 heteroatoms. The number of hydrogen-bond acceptors (Lipinski definition) is 2. The van der Waals surface area contributed by atoms with Crippen LogP contribution >= 0.6 is 0 Å². The Kier molecular flexibility index (Phi) is 4.99. The van der Waals surface area contributed by atoms with Gasteiger partial charge in [0.05, 0.1) is 0 Å². The van der Waals surface area contributed by atoms with Crippen LogP contribution in [0.15, 0.2) is 0 Å². The zero-order valence-corrected chi connectivity index (χ0v) is 11.8. The first-order valence-corrected chi connectivity index (χ1v) is 6.85. The van der Waals surface area contributed by atoms with Gasteiger partial charge in [0, 0.05) is 18.5 Å². The van der Waals surface area contributed by atoms with Crippen molar-refractivity contribution in [1.29, 1.82) is 0 Å². The fraction of sp³-hybridized carbons (Fsp3) is 0.929. The Balaban J connectivity index is 2.34. The van der Waals surface area contributed by atoms with Crippen LogP contribution in [0.3, 0.4) is 0 Å². The Hall–Kier alpha value is -0.570. The maximum atomic E-state index is 11.8. The second-order valence-corrected chi connectivity index (χ2v) is 6.57. The molecule has 0 saturated heterocycles. The predicted octanol–water partition coefficient (Wildman–Crippen LogP) is 2.44. The summed E-state index contributed by atoms with van der Waals surface area (Å²) >= 11 is 0. The van der Waals surface area contributed by atoms with Gasteiger partial charge < -0.3 is 11.1 Å². The van der Waals surface area contributed by atoms with Crippen molar-refractivity contribution in [3.05, 3.63) is 0 Å². The van der Waals surface area contributed by atoms with E-state index in [-0.39, 0.29) is 11.9 Å². The van der Waals surface area contributed by atoms with Crippen LogP contribution in [0.1, 0.15) is 59.8 Å². The summed E-state index contributed by atoms with van der Waals surface area (Å²) in [7, 11) is 0. The summed E-state index contributed by atoms with van der Waals surface area (Å²) in [4.78, 5) is 11.8. The van der Waals surface area contributed by atoms with Crippen LogP contribution < -0.4 is 11.1 Å². The van der Waals surface area contributed by atoms with Crippen LogP contribution in [0.25, 0.3) is 0 Å². The van der Waals surface area contributed by atoms with Crippen molar-refractivity contribution in [3.8, 4) is 0 Å². The van der Waals surface area contributed by atoms with Crippen molar-refractivity contribution in [1.82, 2.24) is 5.32 Å². The lowest BCUT2D eigenvalue weighted by atomic mass is 9.70. The number of nitrogens with one attached hydrogen (secondary N) is 1. The zero-order valence-electron chi connectivity index (χ0n) is 11.8. The van der Waals surface area contributed by atoms with Gasteiger partial charge in [-0.3, -0.25) is 4.79 Å². The molecule has 0 spiro atoms. The van der Waals surface area contributed by atoms with Crippen LogP contribution in [-0.2, 0) is 4.79 Å². The van der Waals surface area contributed by atoms with E-state index in [4.69, 9.17) is 5.73 Å². The average Bonchev–Trinajstić information content (AvgIpc) is 2.18. The lowest BCUT2D eigenvalue weighted by Crippen LogP contribution is -2.44. The third-order valence-corrected chi connectivity index (χ3v) is 3.87. The standard InChI is InChI=1S/C14H28N2O/c1-10-9-14(3,4)8-7-12(10)16-13(17)6-5-11(2)15/h10-12H,5-9,15H2,1-4H3,(H,16,17). The van der Waals surface area contributed by atoms with Gasteiger partial charge in [0.15, 0.2) is 0 Å². The molecule has 0 aromatic rings. The SMILES string of the molecule is CC(N)CCC(=O)NC1CCC(C)(C)CC1C. The second kappa shape index (κ2) is 5.85. The summed E-state index contributed by atoms with van der Waals surface area (Å²) < 4.78 is 0. The summed E-state index contributed by atoms with van der Waals surface area (Å²) in [5.41, 5.74) is 6.09. The van der Waals surface area contributed by atoms with Gasteiger partial charge in [0.25, 0.3) is 0 Å². The summed E-state index contributed by atoms with van der Waals surface area (Å²) in [6, 6.07) is 0.479. The van der Waals surface area contributed by atoms with Gasteiger partial charge in [-0.1, -0.05) is 20.8 Å². The molecule has 1 saturated carbocycles. The van der Waals surface area contributed by atoms with E-state index in [1.54, 1.807) is 0 Å². The summed E-state index contributed by atoms with van der Waals surface area (Å²) in [6.45, 7) is 8.83. The molecular weight excluding hydrogens is 212 g/mol. The van der Waals surface area contributed by atoms with Crippen LogP contribution in [0.4, 0.5) is 0 Å². The fourth-order valence-corrected chi connectivity index (χ4v) is 2.80. The first kappa shape index (κ1) is 14.5. The molecule has 1 aliphatic carbocycles. The Bertz CT molecular complexity index is 261. The van der Waals surface area contributed by atoms with Gasteiger partial charge in [-0.15, -0.1) is 0 Å². The van der Waals surface area contributed by atoms with E-state index in [0.717, 1.165) is 12.8 Å². The number of hydrogen-bond donors (Lipinski definition) is 2. The maximum absolute atomic E-state index is 11.8. The van der Waals surface area contributed by atoms with Gasteiger partial charge in [-0.25, -0.2) is 0 Å². The Labute approximate surface area is 106 Å². The topological polar surface area (TPSA) is 55.1 Å². The first-order chi connectivity index (χ1) is 7.80. The molecule has 3 nitrogen and oxygen atoms in total. The molecule has 3 atom stereocenters. The monoisotopic (exact) mass is 240 g/mol. The molecule has 1 aliphatic rings. The van der Waals surface area contributed by atoms with Crippen molar-refractivity contribution in [2.75, 3.05) is 0 Å². The minimum atomic E-state index is 0.114. The quantitative estimate of drug-likeness (QED) is 0.793. The van der Waals surface area contributed by atoms with Crippen LogP contribution in [-0.4, -0.2) is 18.0 Å². The highest BCUT2D eigenvalue weighted by atomic mass is 16.1. The number of carbonyl (C=O) groups excluding carboxylic acids is 1. The van der Waals surface area contributed by atoms with Crippen LogP contribution in [0, 0.1) is 11.3 Å². The molecule has 0 bridgehead atoms. The van der Waals surface area contributed by atoms with Crippen LogP contribution in [0.2, 0.25) is 0 Å². The molecule has 3 N–H and O–H groups in total. The molecular formula is C14H28N2O. The highest BCUT2D eigenvalue weighted by Gasteiger charge is 2.32. The van der Waals surface area contributed by atoms with Gasteiger partial charge in [0.1, 0.15) is 0 Å². The lowest BCUT2D eigenvalue weighted by molar-refractivity contribution is -0.122. The van der Waals surface area contributed by atoms with E-state index in [0.29, 0.717) is 23.8 Å². The minimum Gasteiger partial charge on any atom is -0.353 e. The van der Waals surface area contributed by atoms with Crippen molar-refractivity contribution >= 4 is 5.91 Å². The van der Waals surface area contributed by atoms with Crippen molar-refractivity contribution in [2.24, 2.45) is 17.1 Å². The number of carbonyl (C=O) groups is 1. The molecule has 1 amide bonds. The third-order valence-electron chi connectivity index (χ3n) is 3.87. The van der Waals surface area contributed by atoms with E-state index in [9.17, 15) is 4.79 Å². The van der Waals surface area contributed by atoms with Gasteiger partial charge in [-0.05, 0) is 43.9 Å². The fourth-order valence-electron chi connectivity index (χ4n) is 2.80. The first-order valence-electron chi connectivity index (χ1n) is 6.85. The Morgan fingerprint density at radius 3 is 2.71 bits per heavy atom. The molecule has 0 aromatic heterocycles. The molecule has 0 aromatic carbocycles. The zero-order chi connectivity index (χ0) is 13.1. The number of rotatable bonds is 4. The van der Waals surface area contributed by atoms with E-state index < -0.39 is 0 Å². The lowest BCUT2D eigenvalue weighted by Gasteiger charge is -2.39. The summed E-state index contributed by atoms with van der Waals surface area (Å²) in [5.74, 6) is 0.747. The Morgan fingerprint density at radius 1 is 1.53 bits per heavy atom. The van der Waals surface area contributed by atoms with Gasteiger partial charge in [0.2, 0.25) is 5.91 Å². The van der Waals surface area contributed by atoms with Gasteiger partial charge in [-0.2, -0.15) is 0 Å². The number of nitrogens with two attached hydrogens (primary N) is 1. The average molecular weight is 240 g/mol. The highest BCUT2D eigenvalue weighted by Crippen LogP contribution is 2.38. The molecule has 100 valence electrons. The molecule has 1 fully saturated rings. The normalized spacial score (nSPS) is 29.7. The van der Waals surface area contributed by atoms with Crippen LogP contribution in [0.5, 0.6) is 0 Å². The second-order valence-electron chi connectivity index (χ2n) is 6.57. The molecule has 0 radical (unpaired) electrons. The molecule has 17 heavy (non-hydrogen) atoms. The maximum Gasteiger partial charge on any atom is 0.220 e.